The average Bonchev–Trinajstić information content (AvgIpc) is 2.71. The molecule has 146 valence electrons. The number of halogens is 1. The highest BCUT2D eigenvalue weighted by Crippen LogP contribution is 2.38. The van der Waals surface area contributed by atoms with E-state index in [-0.39, 0.29) is 24.2 Å². The Morgan fingerprint density at radius 2 is 1.93 bits per heavy atom. The number of amides is 2. The fourth-order valence-corrected chi connectivity index (χ4v) is 3.95. The van der Waals surface area contributed by atoms with Gasteiger partial charge < -0.3 is 15.4 Å². The Kier molecular flexibility index (Phi) is 5.64. The van der Waals surface area contributed by atoms with Crippen LogP contribution in [0.15, 0.2) is 65.8 Å². The first-order chi connectivity index (χ1) is 14.1. The zero-order chi connectivity index (χ0) is 20.2. The molecule has 2 heterocycles. The summed E-state index contributed by atoms with van der Waals surface area (Å²) in [6.45, 7) is 0. The zero-order valence-corrected chi connectivity index (χ0v) is 16.5. The number of rotatable bonds is 5. The van der Waals surface area contributed by atoms with Gasteiger partial charge in [-0.05, 0) is 48.5 Å². The molecular formula is C20H15ClN4O3S. The molecule has 0 aliphatic carbocycles. The molecule has 0 spiro atoms. The maximum Gasteiger partial charge on any atom is 0.321 e. The van der Waals surface area contributed by atoms with E-state index in [0.717, 1.165) is 4.90 Å². The summed E-state index contributed by atoms with van der Waals surface area (Å²) in [6, 6.07) is 14.1. The standard InChI is InChI=1S/C20H15ClN4O3S/c21-12-2-7-16-15(10-12)25-19(27)17(29-16)11-18(26)24-13-3-5-14(6-4-13)28-20-22-8-1-9-23-20/h1-10,17H,11H2,(H,24,26)(H,25,27). The van der Waals surface area contributed by atoms with Crippen molar-refractivity contribution >= 4 is 46.6 Å². The van der Waals surface area contributed by atoms with Crippen molar-refractivity contribution in [2.24, 2.45) is 0 Å². The van der Waals surface area contributed by atoms with Crippen molar-refractivity contribution in [1.29, 1.82) is 0 Å². The predicted octanol–water partition coefficient (Wildman–Crippen LogP) is 4.36. The van der Waals surface area contributed by atoms with Crippen LogP contribution in [0.25, 0.3) is 0 Å². The second-order valence-electron chi connectivity index (χ2n) is 6.15. The summed E-state index contributed by atoms with van der Waals surface area (Å²) in [4.78, 5) is 33.5. The monoisotopic (exact) mass is 426 g/mol. The molecule has 4 rings (SSSR count). The summed E-state index contributed by atoms with van der Waals surface area (Å²) in [5, 5.41) is 5.63. The zero-order valence-electron chi connectivity index (χ0n) is 15.0. The number of nitrogens with one attached hydrogen (secondary N) is 2. The van der Waals surface area contributed by atoms with Gasteiger partial charge in [0.05, 0.1) is 10.9 Å². The summed E-state index contributed by atoms with van der Waals surface area (Å²) < 4.78 is 5.51. The number of carbonyl (C=O) groups excluding carboxylic acids is 2. The second kappa shape index (κ2) is 8.50. The van der Waals surface area contributed by atoms with Crippen LogP contribution in [0.2, 0.25) is 5.02 Å². The van der Waals surface area contributed by atoms with Crippen LogP contribution in [-0.2, 0) is 9.59 Å². The molecule has 1 aliphatic rings. The molecule has 0 saturated heterocycles. The molecule has 3 aromatic rings. The number of fused-ring (bicyclic) bond motifs is 1. The van der Waals surface area contributed by atoms with E-state index in [4.69, 9.17) is 16.3 Å². The van der Waals surface area contributed by atoms with E-state index in [2.05, 4.69) is 20.6 Å². The first-order valence-electron chi connectivity index (χ1n) is 8.69. The number of carbonyl (C=O) groups is 2. The van der Waals surface area contributed by atoms with E-state index >= 15 is 0 Å². The minimum absolute atomic E-state index is 0.0503. The van der Waals surface area contributed by atoms with Crippen molar-refractivity contribution in [3.63, 3.8) is 0 Å². The molecule has 2 N–H and O–H groups in total. The minimum atomic E-state index is -0.512. The van der Waals surface area contributed by atoms with Gasteiger partial charge in [0.1, 0.15) is 5.75 Å². The van der Waals surface area contributed by atoms with Gasteiger partial charge in [0, 0.05) is 34.4 Å². The SMILES string of the molecule is O=C(CC1Sc2ccc(Cl)cc2NC1=O)Nc1ccc(Oc2ncccn2)cc1. The van der Waals surface area contributed by atoms with E-state index in [1.165, 1.54) is 11.8 Å². The normalized spacial score (nSPS) is 15.2. The number of benzene rings is 2. The van der Waals surface area contributed by atoms with Crippen LogP contribution in [0.1, 0.15) is 6.42 Å². The molecule has 0 bridgehead atoms. The maximum absolute atomic E-state index is 12.4. The highest BCUT2D eigenvalue weighted by Gasteiger charge is 2.29. The lowest BCUT2D eigenvalue weighted by Gasteiger charge is -2.23. The third-order valence-electron chi connectivity index (χ3n) is 4.02. The molecule has 1 unspecified atom stereocenters. The van der Waals surface area contributed by atoms with Gasteiger partial charge in [-0.1, -0.05) is 11.6 Å². The van der Waals surface area contributed by atoms with Crippen LogP contribution in [0.5, 0.6) is 11.8 Å². The van der Waals surface area contributed by atoms with Gasteiger partial charge in [-0.3, -0.25) is 9.59 Å². The minimum Gasteiger partial charge on any atom is -0.424 e. The maximum atomic E-state index is 12.4. The lowest BCUT2D eigenvalue weighted by atomic mass is 10.2. The highest BCUT2D eigenvalue weighted by atomic mass is 35.5. The van der Waals surface area contributed by atoms with Crippen molar-refractivity contribution in [3.8, 4) is 11.8 Å². The van der Waals surface area contributed by atoms with E-state index in [1.807, 2.05) is 6.07 Å². The smallest absolute Gasteiger partial charge is 0.321 e. The summed E-state index contributed by atoms with van der Waals surface area (Å²) in [7, 11) is 0. The Labute approximate surface area is 175 Å². The lowest BCUT2D eigenvalue weighted by molar-refractivity contribution is -0.120. The van der Waals surface area contributed by atoms with Gasteiger partial charge in [0.25, 0.3) is 0 Å². The number of aromatic nitrogens is 2. The summed E-state index contributed by atoms with van der Waals surface area (Å²) in [6.07, 6.45) is 3.22. The molecular weight excluding hydrogens is 412 g/mol. The highest BCUT2D eigenvalue weighted by molar-refractivity contribution is 8.01. The Hall–Kier alpha value is -3.10. The Bertz CT molecular complexity index is 1050. The topological polar surface area (TPSA) is 93.2 Å². The first kappa shape index (κ1) is 19.2. The molecule has 9 heteroatoms. The number of anilines is 2. The third-order valence-corrected chi connectivity index (χ3v) is 5.53. The van der Waals surface area contributed by atoms with Crippen molar-refractivity contribution < 1.29 is 14.3 Å². The molecule has 1 atom stereocenters. The van der Waals surface area contributed by atoms with Crippen LogP contribution in [0.4, 0.5) is 11.4 Å². The van der Waals surface area contributed by atoms with Gasteiger partial charge in [0.2, 0.25) is 11.8 Å². The number of hydrogen-bond acceptors (Lipinski definition) is 6. The van der Waals surface area contributed by atoms with Crippen LogP contribution < -0.4 is 15.4 Å². The van der Waals surface area contributed by atoms with Gasteiger partial charge >= 0.3 is 6.01 Å². The van der Waals surface area contributed by atoms with Crippen LogP contribution >= 0.6 is 23.4 Å². The largest absolute Gasteiger partial charge is 0.424 e. The average molecular weight is 427 g/mol. The molecule has 1 aromatic heterocycles. The van der Waals surface area contributed by atoms with E-state index in [0.29, 0.717) is 22.1 Å². The number of ether oxygens (including phenoxy) is 1. The van der Waals surface area contributed by atoms with Gasteiger partial charge in [-0.25, -0.2) is 9.97 Å². The Morgan fingerprint density at radius 1 is 1.17 bits per heavy atom. The molecule has 2 aromatic carbocycles. The van der Waals surface area contributed by atoms with Gasteiger partial charge in [0.15, 0.2) is 0 Å². The van der Waals surface area contributed by atoms with E-state index in [9.17, 15) is 9.59 Å². The quantitative estimate of drug-likeness (QED) is 0.629. The van der Waals surface area contributed by atoms with Crippen molar-refractivity contribution in [2.75, 3.05) is 10.6 Å². The number of nitrogens with zero attached hydrogens (tertiary/aromatic N) is 2. The van der Waals surface area contributed by atoms with Gasteiger partial charge in [-0.2, -0.15) is 0 Å². The van der Waals surface area contributed by atoms with Crippen LogP contribution in [0.3, 0.4) is 0 Å². The molecule has 0 saturated carbocycles. The molecule has 1 aliphatic heterocycles. The Balaban J connectivity index is 1.35. The fourth-order valence-electron chi connectivity index (χ4n) is 2.69. The Morgan fingerprint density at radius 3 is 2.69 bits per heavy atom. The summed E-state index contributed by atoms with van der Waals surface area (Å²) in [5.74, 6) is 0.0772. The predicted molar refractivity (Wildman–Crippen MR) is 112 cm³/mol. The first-order valence-corrected chi connectivity index (χ1v) is 9.94. The molecule has 2 amide bonds. The molecule has 7 nitrogen and oxygen atoms in total. The van der Waals surface area contributed by atoms with Crippen molar-refractivity contribution in [2.45, 2.75) is 16.6 Å². The van der Waals surface area contributed by atoms with E-state index < -0.39 is 5.25 Å². The van der Waals surface area contributed by atoms with Crippen LogP contribution in [0, 0.1) is 0 Å². The number of thioether (sulfide) groups is 1. The fraction of sp³-hybridized carbons (Fsp3) is 0.100. The molecule has 29 heavy (non-hydrogen) atoms. The summed E-state index contributed by atoms with van der Waals surface area (Å²) in [5.41, 5.74) is 1.27. The summed E-state index contributed by atoms with van der Waals surface area (Å²) >= 11 is 7.30. The van der Waals surface area contributed by atoms with Crippen molar-refractivity contribution in [1.82, 2.24) is 9.97 Å². The lowest BCUT2D eigenvalue weighted by Crippen LogP contribution is -2.32. The van der Waals surface area contributed by atoms with Crippen LogP contribution in [-0.4, -0.2) is 27.0 Å². The number of hydrogen-bond donors (Lipinski definition) is 2. The second-order valence-corrected chi connectivity index (χ2v) is 7.83. The molecule has 0 radical (unpaired) electrons. The van der Waals surface area contributed by atoms with Gasteiger partial charge in [-0.15, -0.1) is 11.8 Å². The third kappa shape index (κ3) is 4.85. The molecule has 0 fully saturated rings. The van der Waals surface area contributed by atoms with E-state index in [1.54, 1.807) is 54.9 Å². The van der Waals surface area contributed by atoms with Crippen molar-refractivity contribution in [3.05, 3.63) is 65.9 Å².